The third-order valence-corrected chi connectivity index (χ3v) is 5.30. The van der Waals surface area contributed by atoms with Crippen molar-refractivity contribution in [1.82, 2.24) is 0 Å². The summed E-state index contributed by atoms with van der Waals surface area (Å²) in [4.78, 5) is 12.3. The van der Waals surface area contributed by atoms with Crippen molar-refractivity contribution < 1.29 is 4.79 Å². The van der Waals surface area contributed by atoms with Crippen LogP contribution in [0.3, 0.4) is 0 Å². The van der Waals surface area contributed by atoms with E-state index in [0.29, 0.717) is 5.56 Å². The maximum absolute atomic E-state index is 12.3. The Morgan fingerprint density at radius 2 is 1.65 bits per heavy atom. The first kappa shape index (κ1) is 14.5. The predicted molar refractivity (Wildman–Crippen MR) is 88.6 cm³/mol. The van der Waals surface area contributed by atoms with Gasteiger partial charge in [0.05, 0.1) is 8.07 Å². The summed E-state index contributed by atoms with van der Waals surface area (Å²) in [6, 6.07) is 15.6. The molecule has 0 radical (unpaired) electrons. The van der Waals surface area contributed by atoms with Crippen molar-refractivity contribution in [3.05, 3.63) is 59.7 Å². The molecule has 0 aliphatic rings. The second-order valence-electron chi connectivity index (χ2n) is 6.12. The Balaban J connectivity index is 2.33. The van der Waals surface area contributed by atoms with Crippen LogP contribution in [-0.2, 0) is 0 Å². The number of nitrogens with one attached hydrogen (secondary N) is 1. The summed E-state index contributed by atoms with van der Waals surface area (Å²) in [7, 11) is -1.49. The lowest BCUT2D eigenvalue weighted by atomic mass is 10.2. The zero-order valence-electron chi connectivity index (χ0n) is 12.5. The van der Waals surface area contributed by atoms with E-state index in [4.69, 9.17) is 0 Å². The fraction of sp³-hybridized carbons (Fsp3) is 0.235. The molecular formula is C17H21NOSi. The van der Waals surface area contributed by atoms with Crippen LogP contribution < -0.4 is 10.5 Å². The van der Waals surface area contributed by atoms with Crippen LogP contribution in [0.4, 0.5) is 5.69 Å². The van der Waals surface area contributed by atoms with E-state index in [0.717, 1.165) is 5.69 Å². The summed E-state index contributed by atoms with van der Waals surface area (Å²) in [5.74, 6) is -0.0473. The summed E-state index contributed by atoms with van der Waals surface area (Å²) in [5.41, 5.74) is 2.87. The largest absolute Gasteiger partial charge is 0.322 e. The molecule has 0 heterocycles. The maximum Gasteiger partial charge on any atom is 0.255 e. The van der Waals surface area contributed by atoms with Gasteiger partial charge >= 0.3 is 0 Å². The third kappa shape index (κ3) is 3.36. The predicted octanol–water partition coefficient (Wildman–Crippen LogP) is 3.79. The van der Waals surface area contributed by atoms with Crippen molar-refractivity contribution in [3.63, 3.8) is 0 Å². The van der Waals surface area contributed by atoms with E-state index in [1.54, 1.807) is 0 Å². The lowest BCUT2D eigenvalue weighted by molar-refractivity contribution is 0.102. The van der Waals surface area contributed by atoms with Crippen molar-refractivity contribution in [2.75, 3.05) is 5.32 Å². The number of amides is 1. The molecule has 0 unspecified atom stereocenters. The highest BCUT2D eigenvalue weighted by atomic mass is 28.3. The van der Waals surface area contributed by atoms with Crippen LogP contribution in [-0.4, -0.2) is 14.0 Å². The van der Waals surface area contributed by atoms with Crippen molar-refractivity contribution in [1.29, 1.82) is 0 Å². The van der Waals surface area contributed by atoms with Gasteiger partial charge in [-0.25, -0.2) is 0 Å². The molecule has 2 aromatic carbocycles. The van der Waals surface area contributed by atoms with Gasteiger partial charge in [0.25, 0.3) is 5.91 Å². The second-order valence-corrected chi connectivity index (χ2v) is 11.2. The normalized spacial score (nSPS) is 11.2. The van der Waals surface area contributed by atoms with E-state index in [1.165, 1.54) is 10.8 Å². The zero-order valence-corrected chi connectivity index (χ0v) is 13.5. The average Bonchev–Trinajstić information content (AvgIpc) is 2.40. The average molecular weight is 283 g/mol. The van der Waals surface area contributed by atoms with Gasteiger partial charge in [-0.05, 0) is 30.3 Å². The Labute approximate surface area is 121 Å². The molecule has 1 amide bonds. The minimum absolute atomic E-state index is 0.0473. The Morgan fingerprint density at radius 1 is 1.00 bits per heavy atom. The summed E-state index contributed by atoms with van der Waals surface area (Å²) in [6.45, 7) is 8.96. The van der Waals surface area contributed by atoms with Crippen LogP contribution in [0.25, 0.3) is 0 Å². The van der Waals surface area contributed by atoms with Gasteiger partial charge in [-0.15, -0.1) is 0 Å². The van der Waals surface area contributed by atoms with Crippen molar-refractivity contribution >= 4 is 24.9 Å². The van der Waals surface area contributed by atoms with Gasteiger partial charge < -0.3 is 5.32 Å². The van der Waals surface area contributed by atoms with E-state index in [9.17, 15) is 4.79 Å². The molecule has 2 rings (SSSR count). The van der Waals surface area contributed by atoms with Crippen LogP contribution >= 0.6 is 0 Å². The molecule has 0 saturated heterocycles. The topological polar surface area (TPSA) is 29.1 Å². The molecule has 0 atom stereocenters. The molecule has 1 N–H and O–H groups in total. The number of hydrogen-bond acceptors (Lipinski definition) is 1. The highest BCUT2D eigenvalue weighted by molar-refractivity contribution is 6.89. The van der Waals surface area contributed by atoms with Gasteiger partial charge in [-0.2, -0.15) is 0 Å². The molecule has 0 bridgehead atoms. The van der Waals surface area contributed by atoms with E-state index in [1.807, 2.05) is 42.5 Å². The molecule has 0 aromatic heterocycles. The minimum Gasteiger partial charge on any atom is -0.322 e. The summed E-state index contributed by atoms with van der Waals surface area (Å²) in [5, 5.41) is 4.35. The molecule has 104 valence electrons. The molecule has 0 spiro atoms. The number of carbonyl (C=O) groups is 1. The van der Waals surface area contributed by atoms with Crippen molar-refractivity contribution in [2.24, 2.45) is 0 Å². The first-order chi connectivity index (χ1) is 9.38. The highest BCUT2D eigenvalue weighted by Crippen LogP contribution is 2.15. The van der Waals surface area contributed by atoms with Crippen LogP contribution in [0, 0.1) is 6.92 Å². The number of benzene rings is 2. The van der Waals surface area contributed by atoms with Crippen molar-refractivity contribution in [2.45, 2.75) is 26.6 Å². The number of hydrogen-bond donors (Lipinski definition) is 1. The number of anilines is 1. The Kier molecular flexibility index (Phi) is 4.09. The molecule has 20 heavy (non-hydrogen) atoms. The first-order valence-corrected chi connectivity index (χ1v) is 10.4. The number of rotatable bonds is 3. The van der Waals surface area contributed by atoms with Gasteiger partial charge in [0.2, 0.25) is 0 Å². The number of carbonyl (C=O) groups excluding carboxylic acids is 1. The minimum atomic E-state index is -1.49. The van der Waals surface area contributed by atoms with E-state index in [-0.39, 0.29) is 5.91 Å². The SMILES string of the molecule is Cc1ccc(NC(=O)c2ccccc2)c([Si](C)(C)C)c1. The molecule has 0 aliphatic heterocycles. The van der Waals surface area contributed by atoms with E-state index >= 15 is 0 Å². The quantitative estimate of drug-likeness (QED) is 0.853. The third-order valence-electron chi connectivity index (χ3n) is 3.27. The van der Waals surface area contributed by atoms with Crippen LogP contribution in [0.15, 0.2) is 48.5 Å². The summed E-state index contributed by atoms with van der Waals surface area (Å²) >= 11 is 0. The summed E-state index contributed by atoms with van der Waals surface area (Å²) in [6.07, 6.45) is 0. The monoisotopic (exact) mass is 283 g/mol. The Hall–Kier alpha value is -1.87. The van der Waals surface area contributed by atoms with Crippen molar-refractivity contribution in [3.8, 4) is 0 Å². The van der Waals surface area contributed by atoms with E-state index < -0.39 is 8.07 Å². The molecule has 0 aliphatic carbocycles. The number of aryl methyl sites for hydroxylation is 1. The fourth-order valence-corrected chi connectivity index (χ4v) is 3.79. The first-order valence-electron chi connectivity index (χ1n) is 6.85. The highest BCUT2D eigenvalue weighted by Gasteiger charge is 2.21. The smallest absolute Gasteiger partial charge is 0.255 e. The molecule has 3 heteroatoms. The Bertz CT molecular complexity index is 615. The standard InChI is InChI=1S/C17H21NOSi/c1-13-10-11-15(16(12-13)20(2,3)4)18-17(19)14-8-6-5-7-9-14/h5-12H,1-4H3,(H,18,19). The van der Waals surface area contributed by atoms with E-state index in [2.05, 4.69) is 37.9 Å². The molecule has 0 fully saturated rings. The molecular weight excluding hydrogens is 262 g/mol. The van der Waals surface area contributed by atoms with Gasteiger partial charge in [0.15, 0.2) is 0 Å². The van der Waals surface area contributed by atoms with Gasteiger partial charge in [0, 0.05) is 11.3 Å². The van der Waals surface area contributed by atoms with Crippen LogP contribution in [0.5, 0.6) is 0 Å². The Morgan fingerprint density at radius 3 is 2.25 bits per heavy atom. The molecule has 2 aromatic rings. The van der Waals surface area contributed by atoms with Gasteiger partial charge in [-0.1, -0.05) is 55.5 Å². The van der Waals surface area contributed by atoms with Crippen LogP contribution in [0.2, 0.25) is 19.6 Å². The van der Waals surface area contributed by atoms with Gasteiger partial charge in [-0.3, -0.25) is 4.79 Å². The lowest BCUT2D eigenvalue weighted by Crippen LogP contribution is -2.40. The summed E-state index contributed by atoms with van der Waals surface area (Å²) < 4.78 is 0. The second kappa shape index (κ2) is 5.63. The van der Waals surface area contributed by atoms with Crippen LogP contribution in [0.1, 0.15) is 15.9 Å². The lowest BCUT2D eigenvalue weighted by Gasteiger charge is -2.22. The molecule has 0 saturated carbocycles. The van der Waals surface area contributed by atoms with Gasteiger partial charge in [0.1, 0.15) is 0 Å². The maximum atomic E-state index is 12.3. The molecule has 2 nitrogen and oxygen atoms in total. The zero-order chi connectivity index (χ0) is 14.8. The fourth-order valence-electron chi connectivity index (χ4n) is 2.17.